The monoisotopic (exact) mass is 87.1 g/mol. The molecule has 37 valence electrons. The first kappa shape index (κ1) is 5.92. The minimum atomic E-state index is 0.0463. The Kier molecular flexibility index (Phi) is 2.13. The summed E-state index contributed by atoms with van der Waals surface area (Å²) in [5.74, 6) is 0. The summed E-state index contributed by atoms with van der Waals surface area (Å²) in [5.41, 5.74) is 10.5. The van der Waals surface area contributed by atoms with E-state index in [4.69, 9.17) is 11.5 Å². The number of nitrogens with two attached hydrogens (primary N) is 2. The maximum absolute atomic E-state index is 5.27. The minimum Gasteiger partial charge on any atom is -0.326 e. The van der Waals surface area contributed by atoms with Gasteiger partial charge in [-0.15, -0.1) is 0 Å². The van der Waals surface area contributed by atoms with Crippen molar-refractivity contribution < 1.29 is 0 Å². The molecule has 1 atom stereocenters. The van der Waals surface area contributed by atoms with E-state index in [-0.39, 0.29) is 6.04 Å². The van der Waals surface area contributed by atoms with Crippen LogP contribution in [0.3, 0.4) is 0 Å². The molecule has 0 aromatic carbocycles. The van der Waals surface area contributed by atoms with E-state index in [2.05, 4.69) is 0 Å². The zero-order valence-corrected chi connectivity index (χ0v) is 4.23. The lowest BCUT2D eigenvalue weighted by Gasteiger charge is -2.05. The largest absolute Gasteiger partial charge is 0.326 e. The Morgan fingerprint density at radius 2 is 1.83 bits per heavy atom. The molecule has 0 spiro atoms. The molecule has 0 aliphatic rings. The lowest BCUT2D eigenvalue weighted by Crippen LogP contribution is -2.28. The van der Waals surface area contributed by atoms with Gasteiger partial charge in [0.2, 0.25) is 0 Å². The van der Waals surface area contributed by atoms with Crippen LogP contribution in [-0.4, -0.2) is 6.04 Å². The van der Waals surface area contributed by atoms with Crippen LogP contribution in [0.2, 0.25) is 0 Å². The van der Waals surface area contributed by atoms with Gasteiger partial charge < -0.3 is 11.5 Å². The van der Waals surface area contributed by atoms with Crippen LogP contribution in [-0.2, 0) is 0 Å². The number of rotatable bonds is 1. The van der Waals surface area contributed by atoms with Crippen LogP contribution in [0.5, 0.6) is 0 Å². The van der Waals surface area contributed by atoms with Gasteiger partial charge in [-0.2, -0.15) is 0 Å². The normalized spacial score (nSPS) is 15.5. The summed E-state index contributed by atoms with van der Waals surface area (Å²) < 4.78 is 0. The van der Waals surface area contributed by atoms with Crippen molar-refractivity contribution in [3.05, 3.63) is 6.04 Å². The van der Waals surface area contributed by atoms with Gasteiger partial charge in [0.15, 0.2) is 0 Å². The highest BCUT2D eigenvalue weighted by atomic mass is 14.7. The van der Waals surface area contributed by atoms with Crippen LogP contribution < -0.4 is 11.5 Å². The van der Waals surface area contributed by atoms with Crippen molar-refractivity contribution in [3.8, 4) is 0 Å². The van der Waals surface area contributed by atoms with Gasteiger partial charge >= 0.3 is 0 Å². The van der Waals surface area contributed by atoms with Crippen molar-refractivity contribution in [1.29, 1.82) is 0 Å². The van der Waals surface area contributed by atoms with Gasteiger partial charge in [-0.3, -0.25) is 0 Å². The van der Waals surface area contributed by atoms with Crippen molar-refractivity contribution >= 4 is 0 Å². The van der Waals surface area contributed by atoms with Crippen molar-refractivity contribution in [3.63, 3.8) is 0 Å². The van der Waals surface area contributed by atoms with Gasteiger partial charge in [0.25, 0.3) is 0 Å². The third kappa shape index (κ3) is 2.18. The molecule has 1 unspecified atom stereocenters. The fourth-order valence-corrected chi connectivity index (χ4v) is 0. The Balaban J connectivity index is 2.99. The first-order chi connectivity index (χ1) is 2.64. The van der Waals surface area contributed by atoms with E-state index in [9.17, 15) is 0 Å². The maximum atomic E-state index is 5.27. The molecule has 4 N–H and O–H groups in total. The molecule has 1 radical (unpaired) electrons. The maximum Gasteiger partial charge on any atom is 0.0471 e. The molecule has 0 rings (SSSR count). The molecule has 0 fully saturated rings. The third-order valence-electron chi connectivity index (χ3n) is 0.718. The van der Waals surface area contributed by atoms with Crippen molar-refractivity contribution in [2.45, 2.75) is 19.9 Å². The van der Waals surface area contributed by atoms with Crippen molar-refractivity contribution in [1.82, 2.24) is 0 Å². The Bertz CT molecular complexity index is 26.5. The van der Waals surface area contributed by atoms with Gasteiger partial charge in [0.1, 0.15) is 0 Å². The predicted molar refractivity (Wildman–Crippen MR) is 26.8 cm³/mol. The summed E-state index contributed by atoms with van der Waals surface area (Å²) in [6.45, 7) is 3.67. The van der Waals surface area contributed by atoms with Gasteiger partial charge in [-0.1, -0.05) is 0 Å². The SMILES string of the molecule is C[C](N)C(C)N. The van der Waals surface area contributed by atoms with Crippen molar-refractivity contribution in [2.24, 2.45) is 11.5 Å². The highest BCUT2D eigenvalue weighted by Crippen LogP contribution is 1.87. The summed E-state index contributed by atoms with van der Waals surface area (Å²) in [5, 5.41) is 0. The van der Waals surface area contributed by atoms with Crippen molar-refractivity contribution in [2.75, 3.05) is 0 Å². The van der Waals surface area contributed by atoms with Gasteiger partial charge in [-0.05, 0) is 13.8 Å². The Morgan fingerprint density at radius 1 is 1.67 bits per heavy atom. The second-order valence-electron chi connectivity index (χ2n) is 1.53. The molecule has 0 aliphatic carbocycles. The Hall–Kier alpha value is -0.0800. The topological polar surface area (TPSA) is 52.0 Å². The predicted octanol–water partition coefficient (Wildman–Crippen LogP) is -0.156. The quantitative estimate of drug-likeness (QED) is 0.467. The van der Waals surface area contributed by atoms with E-state index in [0.717, 1.165) is 6.04 Å². The number of hydrogen-bond donors (Lipinski definition) is 2. The second-order valence-corrected chi connectivity index (χ2v) is 1.53. The highest BCUT2D eigenvalue weighted by Gasteiger charge is 1.97. The van der Waals surface area contributed by atoms with Gasteiger partial charge in [0.05, 0.1) is 0 Å². The molecule has 2 nitrogen and oxygen atoms in total. The molecule has 0 aliphatic heterocycles. The van der Waals surface area contributed by atoms with Crippen LogP contribution >= 0.6 is 0 Å². The molecular formula is C4H11N2. The average Bonchev–Trinajstić information content (AvgIpc) is 1.36. The van der Waals surface area contributed by atoms with Crippen LogP contribution in [0.4, 0.5) is 0 Å². The van der Waals surface area contributed by atoms with E-state index in [1.807, 2.05) is 13.8 Å². The van der Waals surface area contributed by atoms with E-state index >= 15 is 0 Å². The summed E-state index contributed by atoms with van der Waals surface area (Å²) >= 11 is 0. The smallest absolute Gasteiger partial charge is 0.0471 e. The fourth-order valence-electron chi connectivity index (χ4n) is 0. The molecule has 2 heteroatoms. The van der Waals surface area contributed by atoms with Crippen LogP contribution in [0.1, 0.15) is 13.8 Å². The van der Waals surface area contributed by atoms with E-state index in [1.54, 1.807) is 0 Å². The first-order valence-corrected chi connectivity index (χ1v) is 1.99. The second kappa shape index (κ2) is 2.16. The molecule has 6 heavy (non-hydrogen) atoms. The Morgan fingerprint density at radius 3 is 1.83 bits per heavy atom. The van der Waals surface area contributed by atoms with E-state index in [0.29, 0.717) is 0 Å². The third-order valence-corrected chi connectivity index (χ3v) is 0.718. The zero-order valence-electron chi connectivity index (χ0n) is 4.23. The molecule has 0 aromatic rings. The van der Waals surface area contributed by atoms with Gasteiger partial charge in [-0.25, -0.2) is 0 Å². The molecule has 0 heterocycles. The summed E-state index contributed by atoms with van der Waals surface area (Å²) in [6.07, 6.45) is 0. The molecule has 0 aromatic heterocycles. The summed E-state index contributed by atoms with van der Waals surface area (Å²) in [7, 11) is 0. The van der Waals surface area contributed by atoms with Crippen LogP contribution in [0.15, 0.2) is 0 Å². The molecular weight excluding hydrogens is 76.1 g/mol. The standard InChI is InChI=1S/C4H11N2/c1-3(5)4(2)6/h3H,5-6H2,1-2H3. The fraction of sp³-hybridized carbons (Fsp3) is 0.750. The minimum absolute atomic E-state index is 0.0463. The first-order valence-electron chi connectivity index (χ1n) is 1.99. The average molecular weight is 87.1 g/mol. The van der Waals surface area contributed by atoms with Gasteiger partial charge in [0, 0.05) is 12.1 Å². The van der Waals surface area contributed by atoms with E-state index in [1.165, 1.54) is 0 Å². The number of hydrogen-bond acceptors (Lipinski definition) is 2. The lowest BCUT2D eigenvalue weighted by atomic mass is 10.2. The Labute approximate surface area is 38.5 Å². The molecule has 0 amide bonds. The molecule has 0 bridgehead atoms. The summed E-state index contributed by atoms with van der Waals surface area (Å²) in [6, 6.07) is 0.833. The zero-order chi connectivity index (χ0) is 5.15. The molecule has 0 saturated carbocycles. The summed E-state index contributed by atoms with van der Waals surface area (Å²) in [4.78, 5) is 0. The lowest BCUT2D eigenvalue weighted by molar-refractivity contribution is 0.736. The highest BCUT2D eigenvalue weighted by molar-refractivity contribution is 4.84. The van der Waals surface area contributed by atoms with Crippen LogP contribution in [0, 0.1) is 6.04 Å². The van der Waals surface area contributed by atoms with E-state index < -0.39 is 0 Å². The van der Waals surface area contributed by atoms with Crippen LogP contribution in [0.25, 0.3) is 0 Å². The molecule has 0 saturated heterocycles.